The van der Waals surface area contributed by atoms with Crippen molar-refractivity contribution in [2.45, 2.75) is 17.4 Å². The highest BCUT2D eigenvalue weighted by Crippen LogP contribution is 2.21. The van der Waals surface area contributed by atoms with Crippen LogP contribution < -0.4 is 5.73 Å². The van der Waals surface area contributed by atoms with E-state index in [1.807, 2.05) is 30.3 Å². The summed E-state index contributed by atoms with van der Waals surface area (Å²) < 4.78 is 14.6. The van der Waals surface area contributed by atoms with E-state index in [9.17, 15) is 4.39 Å². The van der Waals surface area contributed by atoms with Gasteiger partial charge in [0.2, 0.25) is 0 Å². The fraction of sp³-hybridized carbons (Fsp3) is 0.200. The van der Waals surface area contributed by atoms with Crippen molar-refractivity contribution in [2.75, 3.05) is 5.75 Å². The molecular formula is C15H15BrFNS. The van der Waals surface area contributed by atoms with Gasteiger partial charge in [-0.1, -0.05) is 34.1 Å². The molecule has 0 aliphatic carbocycles. The minimum Gasteiger partial charge on any atom is -0.327 e. The van der Waals surface area contributed by atoms with Crippen molar-refractivity contribution in [1.82, 2.24) is 0 Å². The van der Waals surface area contributed by atoms with Crippen LogP contribution in [0.4, 0.5) is 4.39 Å². The summed E-state index contributed by atoms with van der Waals surface area (Å²) in [7, 11) is 0. The van der Waals surface area contributed by atoms with Gasteiger partial charge in [0, 0.05) is 21.2 Å². The predicted octanol–water partition coefficient (Wildman–Crippen LogP) is 4.25. The third-order valence-electron chi connectivity index (χ3n) is 2.72. The summed E-state index contributed by atoms with van der Waals surface area (Å²) in [6.45, 7) is 0. The maximum Gasteiger partial charge on any atom is 0.126 e. The highest BCUT2D eigenvalue weighted by Gasteiger charge is 2.08. The largest absolute Gasteiger partial charge is 0.327 e. The number of benzene rings is 2. The van der Waals surface area contributed by atoms with E-state index in [4.69, 9.17) is 5.73 Å². The number of rotatable bonds is 5. The highest BCUT2D eigenvalue weighted by molar-refractivity contribution is 9.10. The molecule has 19 heavy (non-hydrogen) atoms. The lowest BCUT2D eigenvalue weighted by molar-refractivity contribution is 0.597. The zero-order valence-corrected chi connectivity index (χ0v) is 12.8. The van der Waals surface area contributed by atoms with E-state index in [0.717, 1.165) is 10.2 Å². The van der Waals surface area contributed by atoms with Crippen LogP contribution in [0.5, 0.6) is 0 Å². The Morgan fingerprint density at radius 1 is 1.11 bits per heavy atom. The van der Waals surface area contributed by atoms with Gasteiger partial charge in [-0.2, -0.15) is 0 Å². The first-order valence-corrected chi connectivity index (χ1v) is 7.80. The highest BCUT2D eigenvalue weighted by atomic mass is 79.9. The molecule has 0 spiro atoms. The second kappa shape index (κ2) is 7.08. The third kappa shape index (κ3) is 4.64. The third-order valence-corrected chi connectivity index (χ3v) is 4.45. The van der Waals surface area contributed by atoms with Crippen LogP contribution in [0.2, 0.25) is 0 Å². The zero-order valence-electron chi connectivity index (χ0n) is 10.4. The maximum absolute atomic E-state index is 13.5. The van der Waals surface area contributed by atoms with Gasteiger partial charge in [-0.05, 0) is 42.3 Å². The fourth-order valence-corrected chi connectivity index (χ4v) is 2.86. The first kappa shape index (κ1) is 14.6. The Bertz CT molecular complexity index is 530. The van der Waals surface area contributed by atoms with Crippen molar-refractivity contribution in [1.29, 1.82) is 0 Å². The molecule has 2 aromatic rings. The average Bonchev–Trinajstić information content (AvgIpc) is 2.41. The van der Waals surface area contributed by atoms with Crippen LogP contribution in [0.15, 0.2) is 57.9 Å². The van der Waals surface area contributed by atoms with E-state index < -0.39 is 0 Å². The molecule has 2 aromatic carbocycles. The lowest BCUT2D eigenvalue weighted by Crippen LogP contribution is -2.26. The monoisotopic (exact) mass is 339 g/mol. The van der Waals surface area contributed by atoms with Crippen LogP contribution in [-0.4, -0.2) is 11.8 Å². The minimum atomic E-state index is -0.174. The molecule has 1 unspecified atom stereocenters. The zero-order chi connectivity index (χ0) is 13.7. The quantitative estimate of drug-likeness (QED) is 0.824. The number of hydrogen-bond donors (Lipinski definition) is 1. The summed E-state index contributed by atoms with van der Waals surface area (Å²) >= 11 is 5.10. The second-order valence-corrected chi connectivity index (χ2v) is 6.33. The molecular weight excluding hydrogens is 325 g/mol. The Labute approximate surface area is 125 Å². The summed E-state index contributed by atoms with van der Waals surface area (Å²) in [6.07, 6.45) is 0.566. The standard InChI is InChI=1S/C15H15BrFNS/c16-12-5-7-14(8-6-12)19-10-13(18)9-11-3-1-2-4-15(11)17/h1-8,13H,9-10,18H2. The lowest BCUT2D eigenvalue weighted by atomic mass is 10.1. The number of hydrogen-bond acceptors (Lipinski definition) is 2. The van der Waals surface area contributed by atoms with Gasteiger partial charge < -0.3 is 5.73 Å². The van der Waals surface area contributed by atoms with Gasteiger partial charge in [0.1, 0.15) is 5.82 Å². The normalized spacial score (nSPS) is 12.4. The molecule has 0 heterocycles. The second-order valence-electron chi connectivity index (χ2n) is 4.32. The van der Waals surface area contributed by atoms with Gasteiger partial charge >= 0.3 is 0 Å². The van der Waals surface area contributed by atoms with Crippen molar-refractivity contribution in [3.05, 3.63) is 64.4 Å². The van der Waals surface area contributed by atoms with E-state index in [0.29, 0.717) is 12.0 Å². The number of halogens is 2. The SMILES string of the molecule is NC(CSc1ccc(Br)cc1)Cc1ccccc1F. The molecule has 0 aromatic heterocycles. The van der Waals surface area contributed by atoms with E-state index in [-0.39, 0.29) is 11.9 Å². The Morgan fingerprint density at radius 3 is 2.47 bits per heavy atom. The lowest BCUT2D eigenvalue weighted by Gasteiger charge is -2.12. The molecule has 0 saturated heterocycles. The van der Waals surface area contributed by atoms with Crippen molar-refractivity contribution >= 4 is 27.7 Å². The summed E-state index contributed by atoms with van der Waals surface area (Å²) in [4.78, 5) is 1.17. The van der Waals surface area contributed by atoms with Gasteiger partial charge in [-0.15, -0.1) is 11.8 Å². The van der Waals surface area contributed by atoms with Crippen molar-refractivity contribution in [3.8, 4) is 0 Å². The van der Waals surface area contributed by atoms with E-state index in [1.165, 1.54) is 11.0 Å². The molecule has 0 amide bonds. The Morgan fingerprint density at radius 2 is 1.79 bits per heavy atom. The fourth-order valence-electron chi connectivity index (χ4n) is 1.74. The predicted molar refractivity (Wildman–Crippen MR) is 82.9 cm³/mol. The molecule has 2 rings (SSSR count). The van der Waals surface area contributed by atoms with Gasteiger partial charge in [0.05, 0.1) is 0 Å². The Kier molecular flexibility index (Phi) is 5.43. The molecule has 0 saturated carbocycles. The van der Waals surface area contributed by atoms with Crippen LogP contribution in [0.1, 0.15) is 5.56 Å². The summed E-state index contributed by atoms with van der Waals surface area (Å²) in [6, 6.07) is 14.9. The van der Waals surface area contributed by atoms with Crippen molar-refractivity contribution in [2.24, 2.45) is 5.73 Å². The molecule has 4 heteroatoms. The maximum atomic E-state index is 13.5. The van der Waals surface area contributed by atoms with Crippen molar-refractivity contribution in [3.63, 3.8) is 0 Å². The molecule has 100 valence electrons. The summed E-state index contributed by atoms with van der Waals surface area (Å²) in [5, 5.41) is 0. The average molecular weight is 340 g/mol. The molecule has 0 fully saturated rings. The van der Waals surface area contributed by atoms with Crippen LogP contribution in [-0.2, 0) is 6.42 Å². The van der Waals surface area contributed by atoms with Crippen LogP contribution >= 0.6 is 27.7 Å². The Hall–Kier alpha value is -0.840. The molecule has 0 aliphatic rings. The number of nitrogens with two attached hydrogens (primary N) is 1. The van der Waals surface area contributed by atoms with Crippen LogP contribution in [0.25, 0.3) is 0 Å². The van der Waals surface area contributed by atoms with Gasteiger partial charge in [-0.3, -0.25) is 0 Å². The van der Waals surface area contributed by atoms with Gasteiger partial charge in [0.15, 0.2) is 0 Å². The first-order valence-electron chi connectivity index (χ1n) is 6.02. The molecule has 1 atom stereocenters. The first-order chi connectivity index (χ1) is 9.15. The van der Waals surface area contributed by atoms with Gasteiger partial charge in [0.25, 0.3) is 0 Å². The molecule has 2 N–H and O–H groups in total. The van der Waals surface area contributed by atoms with Gasteiger partial charge in [-0.25, -0.2) is 4.39 Å². The van der Waals surface area contributed by atoms with E-state index in [2.05, 4.69) is 15.9 Å². The van der Waals surface area contributed by atoms with Crippen molar-refractivity contribution < 1.29 is 4.39 Å². The summed E-state index contributed by atoms with van der Waals surface area (Å²) in [5.41, 5.74) is 6.74. The molecule has 1 nitrogen and oxygen atoms in total. The van der Waals surface area contributed by atoms with E-state index >= 15 is 0 Å². The molecule has 0 aliphatic heterocycles. The minimum absolute atomic E-state index is 0.0504. The topological polar surface area (TPSA) is 26.0 Å². The number of thioether (sulfide) groups is 1. The van der Waals surface area contributed by atoms with E-state index in [1.54, 1.807) is 23.9 Å². The summed E-state index contributed by atoms with van der Waals surface area (Å²) in [5.74, 6) is 0.599. The molecule has 0 bridgehead atoms. The molecule has 0 radical (unpaired) electrons. The van der Waals surface area contributed by atoms with Crippen LogP contribution in [0.3, 0.4) is 0 Å². The smallest absolute Gasteiger partial charge is 0.126 e. The van der Waals surface area contributed by atoms with Crippen LogP contribution in [0, 0.1) is 5.82 Å². The Balaban J connectivity index is 1.86.